The summed E-state index contributed by atoms with van der Waals surface area (Å²) in [4.78, 5) is 23.2. The highest BCUT2D eigenvalue weighted by Gasteiger charge is 2.24. The average molecular weight is 415 g/mol. The van der Waals surface area contributed by atoms with Crippen molar-refractivity contribution in [3.8, 4) is 5.75 Å². The molecule has 1 unspecified atom stereocenters. The van der Waals surface area contributed by atoms with Crippen molar-refractivity contribution in [1.29, 1.82) is 0 Å². The van der Waals surface area contributed by atoms with Gasteiger partial charge in [0.15, 0.2) is 0 Å². The van der Waals surface area contributed by atoms with Crippen molar-refractivity contribution in [3.05, 3.63) is 63.7 Å². The van der Waals surface area contributed by atoms with E-state index in [0.29, 0.717) is 18.9 Å². The second kappa shape index (κ2) is 11.2. The Labute approximate surface area is 177 Å². The molecule has 0 amide bonds. The highest BCUT2D eigenvalue weighted by atomic mass is 16.6. The lowest BCUT2D eigenvalue weighted by molar-refractivity contribution is -0.384. The van der Waals surface area contributed by atoms with Crippen LogP contribution in [0.4, 0.5) is 11.4 Å². The molecule has 2 aromatic carbocycles. The van der Waals surface area contributed by atoms with Crippen molar-refractivity contribution >= 4 is 17.3 Å². The highest BCUT2D eigenvalue weighted by Crippen LogP contribution is 2.32. The van der Waals surface area contributed by atoms with Crippen molar-refractivity contribution in [2.75, 3.05) is 25.1 Å². The van der Waals surface area contributed by atoms with Gasteiger partial charge in [0.2, 0.25) is 0 Å². The summed E-state index contributed by atoms with van der Waals surface area (Å²) in [5, 5.41) is 14.3. The number of hydrogen-bond donors (Lipinski definition) is 1. The van der Waals surface area contributed by atoms with E-state index in [1.165, 1.54) is 12.1 Å². The van der Waals surface area contributed by atoms with E-state index >= 15 is 0 Å². The van der Waals surface area contributed by atoms with Gasteiger partial charge in [0.1, 0.15) is 5.75 Å². The molecule has 1 atom stereocenters. The van der Waals surface area contributed by atoms with Gasteiger partial charge >= 0.3 is 5.97 Å². The fourth-order valence-corrected chi connectivity index (χ4v) is 3.07. The van der Waals surface area contributed by atoms with E-state index in [-0.39, 0.29) is 18.3 Å². The van der Waals surface area contributed by atoms with Gasteiger partial charge in [-0.1, -0.05) is 32.0 Å². The molecule has 162 valence electrons. The van der Waals surface area contributed by atoms with Gasteiger partial charge in [-0.25, -0.2) is 0 Å². The lowest BCUT2D eigenvalue weighted by atomic mass is 9.91. The second-order valence-electron chi connectivity index (χ2n) is 7.40. The molecule has 2 aromatic rings. The van der Waals surface area contributed by atoms with E-state index in [2.05, 4.69) is 19.2 Å². The number of hydrogen-bond acceptors (Lipinski definition) is 6. The Balaban J connectivity index is 2.36. The molecule has 0 aliphatic heterocycles. The molecule has 0 spiro atoms. The van der Waals surface area contributed by atoms with Gasteiger partial charge in [0.25, 0.3) is 5.69 Å². The fraction of sp³-hybridized carbons (Fsp3) is 0.435. The van der Waals surface area contributed by atoms with Gasteiger partial charge < -0.3 is 14.8 Å². The molecule has 0 saturated carbocycles. The van der Waals surface area contributed by atoms with Gasteiger partial charge in [-0.3, -0.25) is 14.9 Å². The number of nitrogens with one attached hydrogen (secondary N) is 1. The van der Waals surface area contributed by atoms with Gasteiger partial charge in [0, 0.05) is 18.7 Å². The van der Waals surface area contributed by atoms with Crippen LogP contribution in [0.15, 0.2) is 42.5 Å². The first-order valence-electron chi connectivity index (χ1n) is 10.3. The van der Waals surface area contributed by atoms with E-state index in [4.69, 9.17) is 9.47 Å². The minimum atomic E-state index is -0.526. The molecule has 0 fully saturated rings. The maximum absolute atomic E-state index is 12.7. The molecule has 1 N–H and O–H groups in total. The first-order chi connectivity index (χ1) is 14.3. The second-order valence-corrected chi connectivity index (χ2v) is 7.40. The van der Waals surface area contributed by atoms with Crippen LogP contribution in [-0.2, 0) is 16.0 Å². The maximum Gasteiger partial charge on any atom is 0.313 e. The number of benzene rings is 2. The van der Waals surface area contributed by atoms with E-state index in [0.717, 1.165) is 29.1 Å². The van der Waals surface area contributed by atoms with Crippen LogP contribution < -0.4 is 10.1 Å². The average Bonchev–Trinajstić information content (AvgIpc) is 2.72. The summed E-state index contributed by atoms with van der Waals surface area (Å²) >= 11 is 0. The van der Waals surface area contributed by atoms with Crippen molar-refractivity contribution in [3.63, 3.8) is 0 Å². The number of rotatable bonds is 11. The van der Waals surface area contributed by atoms with Crippen LogP contribution in [0.25, 0.3) is 0 Å². The third kappa shape index (κ3) is 6.47. The number of nitrogens with zero attached hydrogens (tertiary/aromatic N) is 1. The first kappa shape index (κ1) is 23.2. The maximum atomic E-state index is 12.7. The third-order valence-corrected chi connectivity index (χ3v) is 4.56. The van der Waals surface area contributed by atoms with Gasteiger partial charge in [0.05, 0.1) is 29.7 Å². The number of non-ortho nitro benzene ring substituents is 1. The van der Waals surface area contributed by atoms with E-state index in [1.807, 2.05) is 25.1 Å². The number of carbonyl (C=O) groups excluding carboxylic acids is 1. The number of carbonyl (C=O) groups is 1. The molecule has 0 aliphatic carbocycles. The standard InChI is InChI=1S/C23H30N2O5/c1-5-29-22-12-9-18(14-21(22)24-15-16(3)4)20(23(26)30-6-2)13-17-7-10-19(11-8-17)25(27)28/h7-12,14,16,20,24H,5-6,13,15H2,1-4H3. The third-order valence-electron chi connectivity index (χ3n) is 4.56. The van der Waals surface area contributed by atoms with Crippen LogP contribution in [0.2, 0.25) is 0 Å². The van der Waals surface area contributed by atoms with Crippen molar-refractivity contribution < 1.29 is 19.2 Å². The van der Waals surface area contributed by atoms with Crippen molar-refractivity contribution in [2.24, 2.45) is 5.92 Å². The Bertz CT molecular complexity index is 849. The molecule has 7 heteroatoms. The van der Waals surface area contributed by atoms with Crippen LogP contribution in [0.3, 0.4) is 0 Å². The number of nitro groups is 1. The summed E-state index contributed by atoms with van der Waals surface area (Å²) < 4.78 is 11.0. The predicted octanol–water partition coefficient (Wildman–Crippen LogP) is 4.95. The Morgan fingerprint density at radius 3 is 2.37 bits per heavy atom. The zero-order chi connectivity index (χ0) is 22.1. The highest BCUT2D eigenvalue weighted by molar-refractivity contribution is 5.79. The Morgan fingerprint density at radius 2 is 1.80 bits per heavy atom. The molecule has 30 heavy (non-hydrogen) atoms. The molecule has 0 aliphatic rings. The first-order valence-corrected chi connectivity index (χ1v) is 10.3. The summed E-state index contributed by atoms with van der Waals surface area (Å²) in [5.74, 6) is 0.334. The zero-order valence-electron chi connectivity index (χ0n) is 18.0. The summed E-state index contributed by atoms with van der Waals surface area (Å²) in [6, 6.07) is 11.9. The minimum absolute atomic E-state index is 0.0210. The summed E-state index contributed by atoms with van der Waals surface area (Å²) in [5.41, 5.74) is 2.49. The topological polar surface area (TPSA) is 90.7 Å². The molecular formula is C23H30N2O5. The number of nitro benzene ring substituents is 1. The van der Waals surface area contributed by atoms with Gasteiger partial charge in [-0.2, -0.15) is 0 Å². The lowest BCUT2D eigenvalue weighted by Gasteiger charge is -2.20. The summed E-state index contributed by atoms with van der Waals surface area (Å²) in [7, 11) is 0. The molecule has 0 bridgehead atoms. The van der Waals surface area contributed by atoms with Crippen LogP contribution in [0, 0.1) is 16.0 Å². The molecule has 0 saturated heterocycles. The molecule has 0 radical (unpaired) electrons. The zero-order valence-corrected chi connectivity index (χ0v) is 18.0. The van der Waals surface area contributed by atoms with Crippen molar-refractivity contribution in [1.82, 2.24) is 0 Å². The summed E-state index contributed by atoms with van der Waals surface area (Å²) in [6.45, 7) is 9.53. The molecular weight excluding hydrogens is 384 g/mol. The number of anilines is 1. The minimum Gasteiger partial charge on any atom is -0.492 e. The Morgan fingerprint density at radius 1 is 1.10 bits per heavy atom. The Kier molecular flexibility index (Phi) is 8.65. The van der Waals surface area contributed by atoms with E-state index in [1.54, 1.807) is 19.1 Å². The van der Waals surface area contributed by atoms with Crippen LogP contribution in [0.5, 0.6) is 5.75 Å². The van der Waals surface area contributed by atoms with Gasteiger partial charge in [-0.05, 0) is 49.4 Å². The van der Waals surface area contributed by atoms with Crippen LogP contribution in [0.1, 0.15) is 44.7 Å². The molecule has 2 rings (SSSR count). The van der Waals surface area contributed by atoms with E-state index in [9.17, 15) is 14.9 Å². The molecule has 7 nitrogen and oxygen atoms in total. The normalized spacial score (nSPS) is 11.8. The quantitative estimate of drug-likeness (QED) is 0.318. The largest absolute Gasteiger partial charge is 0.492 e. The monoisotopic (exact) mass is 414 g/mol. The van der Waals surface area contributed by atoms with Gasteiger partial charge in [-0.15, -0.1) is 0 Å². The fourth-order valence-electron chi connectivity index (χ4n) is 3.07. The SMILES string of the molecule is CCOC(=O)C(Cc1ccc([N+](=O)[O-])cc1)c1ccc(OCC)c(NCC(C)C)c1. The molecule has 0 aromatic heterocycles. The lowest BCUT2D eigenvalue weighted by Crippen LogP contribution is -2.19. The number of ether oxygens (including phenoxy) is 2. The molecule has 0 heterocycles. The smallest absolute Gasteiger partial charge is 0.313 e. The van der Waals surface area contributed by atoms with E-state index < -0.39 is 10.8 Å². The Hall–Kier alpha value is -3.09. The number of esters is 1. The van der Waals surface area contributed by atoms with Crippen molar-refractivity contribution in [2.45, 2.75) is 40.0 Å². The van der Waals surface area contributed by atoms with Crippen LogP contribution in [-0.4, -0.2) is 30.7 Å². The van der Waals surface area contributed by atoms with Crippen LogP contribution >= 0.6 is 0 Å². The predicted molar refractivity (Wildman–Crippen MR) is 117 cm³/mol. The summed E-state index contributed by atoms with van der Waals surface area (Å²) in [6.07, 6.45) is 0.383.